The highest BCUT2D eigenvalue weighted by Gasteiger charge is 2.24. The van der Waals surface area contributed by atoms with Crippen molar-refractivity contribution in [1.29, 1.82) is 0 Å². The fraction of sp³-hybridized carbons (Fsp3) is 0.571. The summed E-state index contributed by atoms with van der Waals surface area (Å²) in [6.45, 7) is 4.40. The van der Waals surface area contributed by atoms with Gasteiger partial charge in [0.15, 0.2) is 0 Å². The minimum absolute atomic E-state index is 0.688. The molecule has 0 nitrogen and oxygen atoms in total. The SMILES string of the molecule is Cc1ccc(C2CCCCC2Br)cc1C. The molecule has 0 aromatic heterocycles. The van der Waals surface area contributed by atoms with E-state index in [1.807, 2.05) is 0 Å². The van der Waals surface area contributed by atoms with E-state index in [0.29, 0.717) is 4.83 Å². The van der Waals surface area contributed by atoms with Gasteiger partial charge < -0.3 is 0 Å². The number of aryl methyl sites for hydroxylation is 2. The predicted molar refractivity (Wildman–Crippen MR) is 69.8 cm³/mol. The Morgan fingerprint density at radius 3 is 2.47 bits per heavy atom. The van der Waals surface area contributed by atoms with Crippen LogP contribution in [0.15, 0.2) is 18.2 Å². The number of benzene rings is 1. The van der Waals surface area contributed by atoms with E-state index in [2.05, 4.69) is 48.0 Å². The maximum Gasteiger partial charge on any atom is 0.0214 e. The van der Waals surface area contributed by atoms with E-state index in [-0.39, 0.29) is 0 Å². The fourth-order valence-corrected chi connectivity index (χ4v) is 3.35. The molecule has 0 heterocycles. The van der Waals surface area contributed by atoms with E-state index in [1.165, 1.54) is 42.4 Å². The van der Waals surface area contributed by atoms with E-state index >= 15 is 0 Å². The Morgan fingerprint density at radius 2 is 1.80 bits per heavy atom. The number of alkyl halides is 1. The molecule has 1 aromatic carbocycles. The standard InChI is InChI=1S/C14H19Br/c1-10-7-8-12(9-11(10)2)13-5-3-4-6-14(13)15/h7-9,13-14H,3-6H2,1-2H3. The van der Waals surface area contributed by atoms with Crippen LogP contribution in [-0.4, -0.2) is 4.83 Å². The molecule has 2 unspecified atom stereocenters. The van der Waals surface area contributed by atoms with Gasteiger partial charge >= 0.3 is 0 Å². The second-order valence-corrected chi connectivity index (χ2v) is 5.93. The van der Waals surface area contributed by atoms with Gasteiger partial charge in [-0.1, -0.05) is 47.0 Å². The van der Waals surface area contributed by atoms with Crippen molar-refractivity contribution in [3.8, 4) is 0 Å². The van der Waals surface area contributed by atoms with E-state index in [4.69, 9.17) is 0 Å². The summed E-state index contributed by atoms with van der Waals surface area (Å²) in [6.07, 6.45) is 5.45. The third-order valence-electron chi connectivity index (χ3n) is 3.64. The Morgan fingerprint density at radius 1 is 1.07 bits per heavy atom. The molecule has 1 aliphatic rings. The van der Waals surface area contributed by atoms with Crippen molar-refractivity contribution in [3.63, 3.8) is 0 Å². The lowest BCUT2D eigenvalue weighted by Gasteiger charge is -2.28. The van der Waals surface area contributed by atoms with Crippen LogP contribution in [0.1, 0.15) is 48.3 Å². The lowest BCUT2D eigenvalue weighted by atomic mass is 9.83. The summed E-state index contributed by atoms with van der Waals surface area (Å²) in [5.74, 6) is 0.734. The van der Waals surface area contributed by atoms with Gasteiger partial charge in [0.05, 0.1) is 0 Å². The molecule has 0 radical (unpaired) electrons. The van der Waals surface area contributed by atoms with Gasteiger partial charge in [-0.25, -0.2) is 0 Å². The second-order valence-electron chi connectivity index (χ2n) is 4.75. The zero-order valence-corrected chi connectivity index (χ0v) is 11.2. The van der Waals surface area contributed by atoms with Crippen LogP contribution in [0.5, 0.6) is 0 Å². The van der Waals surface area contributed by atoms with E-state index in [9.17, 15) is 0 Å². The third kappa shape index (κ3) is 2.44. The minimum atomic E-state index is 0.688. The summed E-state index contributed by atoms with van der Waals surface area (Å²) >= 11 is 3.83. The molecule has 15 heavy (non-hydrogen) atoms. The first-order valence-electron chi connectivity index (χ1n) is 5.89. The Hall–Kier alpha value is -0.300. The van der Waals surface area contributed by atoms with Gasteiger partial charge in [0.25, 0.3) is 0 Å². The van der Waals surface area contributed by atoms with Crippen LogP contribution in [-0.2, 0) is 0 Å². The molecular weight excluding hydrogens is 248 g/mol. The van der Waals surface area contributed by atoms with Crippen molar-refractivity contribution in [1.82, 2.24) is 0 Å². The lowest BCUT2D eigenvalue weighted by molar-refractivity contribution is 0.461. The normalized spacial score (nSPS) is 26.6. The van der Waals surface area contributed by atoms with Crippen molar-refractivity contribution in [2.24, 2.45) is 0 Å². The molecule has 2 atom stereocenters. The fourth-order valence-electron chi connectivity index (χ4n) is 2.46. The van der Waals surface area contributed by atoms with Crippen molar-refractivity contribution in [2.45, 2.75) is 50.3 Å². The number of halogens is 1. The highest BCUT2D eigenvalue weighted by Crippen LogP contribution is 2.37. The van der Waals surface area contributed by atoms with E-state index in [0.717, 1.165) is 5.92 Å². The highest BCUT2D eigenvalue weighted by molar-refractivity contribution is 9.09. The van der Waals surface area contributed by atoms with Crippen LogP contribution in [0.3, 0.4) is 0 Å². The minimum Gasteiger partial charge on any atom is -0.0884 e. The van der Waals surface area contributed by atoms with Gasteiger partial charge in [0.1, 0.15) is 0 Å². The summed E-state index contributed by atoms with van der Waals surface area (Å²) in [6, 6.07) is 6.95. The molecular formula is C14H19Br. The largest absolute Gasteiger partial charge is 0.0884 e. The van der Waals surface area contributed by atoms with E-state index < -0.39 is 0 Å². The topological polar surface area (TPSA) is 0 Å². The van der Waals surface area contributed by atoms with Crippen LogP contribution >= 0.6 is 15.9 Å². The average molecular weight is 267 g/mol. The Labute approximate surface area is 101 Å². The molecule has 0 aliphatic heterocycles. The van der Waals surface area contributed by atoms with Crippen LogP contribution in [0.25, 0.3) is 0 Å². The number of hydrogen-bond acceptors (Lipinski definition) is 0. The maximum absolute atomic E-state index is 3.83. The number of rotatable bonds is 1. The van der Waals surface area contributed by atoms with Crippen molar-refractivity contribution in [2.75, 3.05) is 0 Å². The first-order valence-corrected chi connectivity index (χ1v) is 6.81. The van der Waals surface area contributed by atoms with Gasteiger partial charge in [-0.15, -0.1) is 0 Å². The Bertz CT molecular complexity index is 343. The van der Waals surface area contributed by atoms with Gasteiger partial charge in [0, 0.05) is 4.83 Å². The van der Waals surface area contributed by atoms with Gasteiger partial charge in [-0.2, -0.15) is 0 Å². The van der Waals surface area contributed by atoms with Crippen LogP contribution < -0.4 is 0 Å². The highest BCUT2D eigenvalue weighted by atomic mass is 79.9. The zero-order valence-electron chi connectivity index (χ0n) is 9.59. The molecule has 1 fully saturated rings. The molecule has 0 amide bonds. The Balaban J connectivity index is 2.24. The first-order chi connectivity index (χ1) is 7.18. The quantitative estimate of drug-likeness (QED) is 0.645. The van der Waals surface area contributed by atoms with Crippen LogP contribution in [0.4, 0.5) is 0 Å². The predicted octanol–water partition coefficient (Wildman–Crippen LogP) is 4.72. The molecule has 2 rings (SSSR count). The number of hydrogen-bond donors (Lipinski definition) is 0. The van der Waals surface area contributed by atoms with Crippen molar-refractivity contribution in [3.05, 3.63) is 34.9 Å². The lowest BCUT2D eigenvalue weighted by Crippen LogP contribution is -2.17. The van der Waals surface area contributed by atoms with E-state index in [1.54, 1.807) is 0 Å². The summed E-state index contributed by atoms with van der Waals surface area (Å²) in [7, 11) is 0. The summed E-state index contributed by atoms with van der Waals surface area (Å²) in [5, 5.41) is 0. The maximum atomic E-state index is 3.83. The third-order valence-corrected chi connectivity index (χ3v) is 4.74. The zero-order chi connectivity index (χ0) is 10.8. The first kappa shape index (κ1) is 11.2. The van der Waals surface area contributed by atoms with Crippen LogP contribution in [0, 0.1) is 13.8 Å². The Kier molecular flexibility index (Phi) is 3.50. The molecule has 0 saturated heterocycles. The van der Waals surface area contributed by atoms with Gasteiger partial charge in [-0.05, 0) is 49.3 Å². The molecule has 0 bridgehead atoms. The van der Waals surface area contributed by atoms with Crippen molar-refractivity contribution < 1.29 is 0 Å². The van der Waals surface area contributed by atoms with Gasteiger partial charge in [-0.3, -0.25) is 0 Å². The monoisotopic (exact) mass is 266 g/mol. The average Bonchev–Trinajstić information content (AvgIpc) is 2.23. The molecule has 0 N–H and O–H groups in total. The molecule has 1 heteroatoms. The second kappa shape index (κ2) is 4.69. The smallest absolute Gasteiger partial charge is 0.0214 e. The van der Waals surface area contributed by atoms with Crippen molar-refractivity contribution >= 4 is 15.9 Å². The van der Waals surface area contributed by atoms with Gasteiger partial charge in [0.2, 0.25) is 0 Å². The summed E-state index contributed by atoms with van der Waals surface area (Å²) in [5.41, 5.74) is 4.36. The molecule has 1 aromatic rings. The molecule has 1 aliphatic carbocycles. The molecule has 0 spiro atoms. The summed E-state index contributed by atoms with van der Waals surface area (Å²) in [4.78, 5) is 0.688. The molecule has 1 saturated carbocycles. The van der Waals surface area contributed by atoms with Crippen LogP contribution in [0.2, 0.25) is 0 Å². The molecule has 82 valence electrons. The summed E-state index contributed by atoms with van der Waals surface area (Å²) < 4.78 is 0.